The van der Waals surface area contributed by atoms with E-state index in [9.17, 15) is 8.42 Å². The van der Waals surface area contributed by atoms with Crippen molar-refractivity contribution in [2.45, 2.75) is 18.4 Å². The lowest BCUT2D eigenvalue weighted by molar-refractivity contribution is 0.415. The zero-order valence-corrected chi connectivity index (χ0v) is 12.0. The number of nitrogens with two attached hydrogens (primary N) is 1. The Bertz CT molecular complexity index is 707. The highest BCUT2D eigenvalue weighted by molar-refractivity contribution is 7.89. The Morgan fingerprint density at radius 1 is 1.30 bits per heavy atom. The summed E-state index contributed by atoms with van der Waals surface area (Å²) < 4.78 is 33.3. The number of sulfonamides is 1. The number of nitrogens with one attached hydrogen (secondary N) is 1. The number of aryl methyl sites for hydroxylation is 1. The first kappa shape index (κ1) is 14.4. The summed E-state index contributed by atoms with van der Waals surface area (Å²) in [6.07, 6.45) is 0. The van der Waals surface area contributed by atoms with Gasteiger partial charge in [-0.05, 0) is 37.3 Å². The molecule has 2 aromatic rings. The molecule has 0 fully saturated rings. The molecule has 1 heterocycles. The molecule has 0 aliphatic heterocycles. The molecule has 6 nitrogen and oxygen atoms in total. The van der Waals surface area contributed by atoms with Gasteiger partial charge in [0.15, 0.2) is 0 Å². The van der Waals surface area contributed by atoms with Crippen LogP contribution in [0, 0.1) is 6.92 Å². The molecule has 0 saturated heterocycles. The maximum Gasteiger partial charge on any atom is 0.238 e. The molecule has 0 saturated carbocycles. The minimum atomic E-state index is -3.75. The molecule has 0 atom stereocenters. The zero-order chi connectivity index (χ0) is 14.8. The van der Waals surface area contributed by atoms with Crippen LogP contribution in [0.25, 0.3) is 0 Å². The Hall–Kier alpha value is -1.99. The first-order valence-corrected chi connectivity index (χ1v) is 7.45. The fraction of sp³-hybridized carbons (Fsp3) is 0.231. The number of primary sulfonamides is 1. The highest BCUT2D eigenvalue weighted by Crippen LogP contribution is 2.27. The number of hydrogen-bond acceptors (Lipinski definition) is 5. The molecule has 7 heteroatoms. The summed E-state index contributed by atoms with van der Waals surface area (Å²) in [5, 5.41) is 8.18. The topological polar surface area (TPSA) is 94.6 Å². The van der Waals surface area contributed by atoms with Gasteiger partial charge in [-0.2, -0.15) is 0 Å². The second kappa shape index (κ2) is 5.56. The lowest BCUT2D eigenvalue weighted by atomic mass is 10.3. The van der Waals surface area contributed by atoms with Crippen LogP contribution in [0.15, 0.2) is 39.6 Å². The molecule has 0 spiro atoms. The van der Waals surface area contributed by atoms with E-state index in [1.54, 1.807) is 6.07 Å². The summed E-state index contributed by atoms with van der Waals surface area (Å²) in [5.74, 6) is 2.08. The van der Waals surface area contributed by atoms with Crippen LogP contribution in [-0.4, -0.2) is 15.5 Å². The highest BCUT2D eigenvalue weighted by Gasteiger charge is 2.12. The molecular weight excluding hydrogens is 280 g/mol. The van der Waals surface area contributed by atoms with E-state index >= 15 is 0 Å². The molecule has 1 aromatic heterocycles. The lowest BCUT2D eigenvalue weighted by Crippen LogP contribution is -2.12. The number of rotatable bonds is 5. The second-order valence-corrected chi connectivity index (χ2v) is 5.83. The van der Waals surface area contributed by atoms with Crippen LogP contribution in [0.3, 0.4) is 0 Å². The van der Waals surface area contributed by atoms with Gasteiger partial charge in [-0.1, -0.05) is 0 Å². The normalized spacial score (nSPS) is 11.3. The Morgan fingerprint density at radius 2 is 2.05 bits per heavy atom. The van der Waals surface area contributed by atoms with Crippen LogP contribution < -0.4 is 15.2 Å². The van der Waals surface area contributed by atoms with Crippen molar-refractivity contribution in [1.29, 1.82) is 0 Å². The van der Waals surface area contributed by atoms with E-state index in [1.165, 1.54) is 19.2 Å². The predicted octanol–water partition coefficient (Wildman–Crippen LogP) is 1.86. The minimum Gasteiger partial charge on any atom is -0.495 e. The molecule has 20 heavy (non-hydrogen) atoms. The second-order valence-electron chi connectivity index (χ2n) is 4.27. The van der Waals surface area contributed by atoms with Gasteiger partial charge in [0.05, 0.1) is 24.2 Å². The average molecular weight is 296 g/mol. The van der Waals surface area contributed by atoms with Gasteiger partial charge in [-0.3, -0.25) is 0 Å². The lowest BCUT2D eigenvalue weighted by Gasteiger charge is -2.11. The summed E-state index contributed by atoms with van der Waals surface area (Å²) >= 11 is 0. The SMILES string of the molecule is COc1ccc(S(N)(=O)=O)cc1NCc1ccc(C)o1. The Labute approximate surface area is 117 Å². The fourth-order valence-electron chi connectivity index (χ4n) is 1.76. The summed E-state index contributed by atoms with van der Waals surface area (Å²) in [5.41, 5.74) is 0.535. The van der Waals surface area contributed by atoms with Gasteiger partial charge in [0.2, 0.25) is 10.0 Å². The zero-order valence-electron chi connectivity index (χ0n) is 11.2. The highest BCUT2D eigenvalue weighted by atomic mass is 32.2. The van der Waals surface area contributed by atoms with Crippen LogP contribution in [0.1, 0.15) is 11.5 Å². The maximum atomic E-state index is 11.4. The summed E-state index contributed by atoms with van der Waals surface area (Å²) in [6.45, 7) is 2.27. The monoisotopic (exact) mass is 296 g/mol. The first-order chi connectivity index (χ1) is 9.40. The van der Waals surface area contributed by atoms with Gasteiger partial charge in [0.25, 0.3) is 0 Å². The van der Waals surface area contributed by atoms with Crippen molar-refractivity contribution in [3.8, 4) is 5.75 Å². The van der Waals surface area contributed by atoms with E-state index in [1.807, 2.05) is 19.1 Å². The molecule has 0 bridgehead atoms. The molecule has 0 aliphatic rings. The number of anilines is 1. The number of hydrogen-bond donors (Lipinski definition) is 2. The van der Waals surface area contributed by atoms with E-state index < -0.39 is 10.0 Å². The van der Waals surface area contributed by atoms with E-state index in [-0.39, 0.29) is 4.90 Å². The first-order valence-electron chi connectivity index (χ1n) is 5.90. The van der Waals surface area contributed by atoms with Crippen molar-refractivity contribution in [1.82, 2.24) is 0 Å². The van der Waals surface area contributed by atoms with E-state index in [0.717, 1.165) is 11.5 Å². The molecule has 2 rings (SSSR count). The standard InChI is InChI=1S/C13H16N2O4S/c1-9-3-4-10(19-9)8-15-12-7-11(20(14,16)17)5-6-13(12)18-2/h3-7,15H,8H2,1-2H3,(H2,14,16,17). The Morgan fingerprint density at radius 3 is 2.60 bits per heavy atom. The Kier molecular flexibility index (Phi) is 4.01. The van der Waals surface area contributed by atoms with E-state index in [4.69, 9.17) is 14.3 Å². The van der Waals surface area contributed by atoms with Crippen LogP contribution in [0.5, 0.6) is 5.75 Å². The van der Waals surface area contributed by atoms with Gasteiger partial charge in [0.1, 0.15) is 17.3 Å². The van der Waals surface area contributed by atoms with Gasteiger partial charge in [-0.25, -0.2) is 13.6 Å². The molecule has 0 radical (unpaired) electrons. The molecule has 108 valence electrons. The van der Waals surface area contributed by atoms with Crippen molar-refractivity contribution in [2.24, 2.45) is 5.14 Å². The van der Waals surface area contributed by atoms with Crippen molar-refractivity contribution in [2.75, 3.05) is 12.4 Å². The van der Waals surface area contributed by atoms with Crippen LogP contribution in [-0.2, 0) is 16.6 Å². The van der Waals surface area contributed by atoms with E-state index in [2.05, 4.69) is 5.32 Å². The molecule has 3 N–H and O–H groups in total. The average Bonchev–Trinajstić information content (AvgIpc) is 2.80. The molecular formula is C13H16N2O4S. The third-order valence-electron chi connectivity index (χ3n) is 2.75. The number of methoxy groups -OCH3 is 1. The van der Waals surface area contributed by atoms with Crippen molar-refractivity contribution in [3.63, 3.8) is 0 Å². The van der Waals surface area contributed by atoms with Gasteiger partial charge >= 0.3 is 0 Å². The third kappa shape index (κ3) is 3.31. The largest absolute Gasteiger partial charge is 0.495 e. The van der Waals surface area contributed by atoms with Gasteiger partial charge in [0, 0.05) is 0 Å². The van der Waals surface area contributed by atoms with Crippen molar-refractivity contribution in [3.05, 3.63) is 41.9 Å². The smallest absolute Gasteiger partial charge is 0.238 e. The number of ether oxygens (including phenoxy) is 1. The molecule has 1 aromatic carbocycles. The predicted molar refractivity (Wildman–Crippen MR) is 75.1 cm³/mol. The van der Waals surface area contributed by atoms with Crippen LogP contribution in [0.2, 0.25) is 0 Å². The summed E-state index contributed by atoms with van der Waals surface area (Å²) in [6, 6.07) is 8.09. The fourth-order valence-corrected chi connectivity index (χ4v) is 2.30. The summed E-state index contributed by atoms with van der Waals surface area (Å²) in [7, 11) is -2.24. The third-order valence-corrected chi connectivity index (χ3v) is 3.66. The van der Waals surface area contributed by atoms with Gasteiger partial charge in [-0.15, -0.1) is 0 Å². The molecule has 0 aliphatic carbocycles. The Balaban J connectivity index is 2.24. The number of furan rings is 1. The van der Waals surface area contributed by atoms with Gasteiger partial charge < -0.3 is 14.5 Å². The van der Waals surface area contributed by atoms with E-state index in [0.29, 0.717) is 18.0 Å². The van der Waals surface area contributed by atoms with Crippen LogP contribution >= 0.6 is 0 Å². The quantitative estimate of drug-likeness (QED) is 0.878. The van der Waals surface area contributed by atoms with Crippen LogP contribution in [0.4, 0.5) is 5.69 Å². The number of benzene rings is 1. The molecule has 0 amide bonds. The maximum absolute atomic E-state index is 11.4. The minimum absolute atomic E-state index is 0.0245. The molecule has 0 unspecified atom stereocenters. The van der Waals surface area contributed by atoms with Crippen molar-refractivity contribution < 1.29 is 17.6 Å². The summed E-state index contributed by atoms with van der Waals surface area (Å²) in [4.78, 5) is 0.0245. The van der Waals surface area contributed by atoms with Crippen molar-refractivity contribution >= 4 is 15.7 Å².